The first-order valence-electron chi connectivity index (χ1n) is 11.7. The molecular formula is C28H24N4O5. The van der Waals surface area contributed by atoms with E-state index < -0.39 is 18.1 Å². The highest BCUT2D eigenvalue weighted by molar-refractivity contribution is 5.89. The summed E-state index contributed by atoms with van der Waals surface area (Å²) in [5, 5.41) is 8.05. The number of nitrogens with one attached hydrogen (secondary N) is 1. The van der Waals surface area contributed by atoms with E-state index >= 15 is 0 Å². The third kappa shape index (κ3) is 3.67. The lowest BCUT2D eigenvalue weighted by Crippen LogP contribution is -2.32. The number of methoxy groups -OCH3 is 3. The van der Waals surface area contributed by atoms with Gasteiger partial charge in [-0.2, -0.15) is 10.1 Å². The molecule has 0 spiro atoms. The van der Waals surface area contributed by atoms with Crippen LogP contribution in [0.25, 0.3) is 5.70 Å². The molecule has 0 aliphatic carbocycles. The van der Waals surface area contributed by atoms with Crippen molar-refractivity contribution >= 4 is 17.6 Å². The summed E-state index contributed by atoms with van der Waals surface area (Å²) in [5.41, 5.74) is 4.91. The highest BCUT2D eigenvalue weighted by Crippen LogP contribution is 2.52. The van der Waals surface area contributed by atoms with Crippen molar-refractivity contribution < 1.29 is 23.7 Å². The summed E-state index contributed by atoms with van der Waals surface area (Å²) in [6.07, 6.45) is 1.02. The number of rotatable bonds is 5. The maximum atomic E-state index is 12.1. The number of para-hydroxylation sites is 1. The van der Waals surface area contributed by atoms with Gasteiger partial charge in [0.15, 0.2) is 0 Å². The molecule has 0 radical (unpaired) electrons. The number of esters is 1. The van der Waals surface area contributed by atoms with Crippen LogP contribution >= 0.6 is 0 Å². The minimum Gasteiger partial charge on any atom is -0.497 e. The van der Waals surface area contributed by atoms with E-state index in [1.54, 1.807) is 26.4 Å². The fraction of sp³-hybridized carbons (Fsp3) is 0.179. The molecule has 0 amide bonds. The lowest BCUT2D eigenvalue weighted by atomic mass is 9.84. The van der Waals surface area contributed by atoms with Crippen LogP contribution in [-0.2, 0) is 4.74 Å². The Balaban J connectivity index is 1.60. The van der Waals surface area contributed by atoms with Crippen molar-refractivity contribution in [3.05, 3.63) is 101 Å². The first kappa shape index (κ1) is 22.7. The van der Waals surface area contributed by atoms with E-state index in [4.69, 9.17) is 18.9 Å². The van der Waals surface area contributed by atoms with Gasteiger partial charge in [0.25, 0.3) is 0 Å². The van der Waals surface area contributed by atoms with Crippen molar-refractivity contribution in [3.63, 3.8) is 0 Å². The molecule has 0 bridgehead atoms. The topological polar surface area (TPSA) is 96.7 Å². The van der Waals surface area contributed by atoms with Gasteiger partial charge in [0.1, 0.15) is 35.7 Å². The summed E-state index contributed by atoms with van der Waals surface area (Å²) >= 11 is 0. The van der Waals surface area contributed by atoms with Gasteiger partial charge in [-0.3, -0.25) is 0 Å². The number of nitrogens with zero attached hydrogens (tertiary/aromatic N) is 3. The van der Waals surface area contributed by atoms with E-state index in [1.807, 2.05) is 59.3 Å². The molecule has 0 fully saturated rings. The average molecular weight is 497 g/mol. The molecule has 3 heterocycles. The molecule has 0 unspecified atom stereocenters. The molecule has 2 aliphatic heterocycles. The van der Waals surface area contributed by atoms with Gasteiger partial charge in [0.05, 0.1) is 32.6 Å². The molecule has 9 heteroatoms. The van der Waals surface area contributed by atoms with Crippen LogP contribution < -0.4 is 19.5 Å². The van der Waals surface area contributed by atoms with E-state index in [0.717, 1.165) is 33.7 Å². The Labute approximate surface area is 213 Å². The van der Waals surface area contributed by atoms with Crippen molar-refractivity contribution in [1.29, 1.82) is 0 Å². The van der Waals surface area contributed by atoms with Gasteiger partial charge in [-0.25, -0.2) is 9.48 Å². The molecule has 0 saturated heterocycles. The van der Waals surface area contributed by atoms with Crippen LogP contribution in [-0.4, -0.2) is 42.1 Å². The molecule has 9 nitrogen and oxygen atoms in total. The Hall–Kier alpha value is -4.79. The second-order valence-electron chi connectivity index (χ2n) is 8.60. The van der Waals surface area contributed by atoms with Crippen LogP contribution in [0.4, 0.5) is 5.95 Å². The second kappa shape index (κ2) is 9.02. The second-order valence-corrected chi connectivity index (χ2v) is 8.60. The van der Waals surface area contributed by atoms with Crippen LogP contribution in [0.5, 0.6) is 17.2 Å². The molecule has 3 aromatic carbocycles. The quantitative estimate of drug-likeness (QED) is 0.399. The van der Waals surface area contributed by atoms with E-state index in [2.05, 4.69) is 15.4 Å². The molecule has 4 aromatic rings. The Morgan fingerprint density at radius 3 is 2.57 bits per heavy atom. The largest absolute Gasteiger partial charge is 0.497 e. The molecule has 0 saturated carbocycles. The molecule has 186 valence electrons. The van der Waals surface area contributed by atoms with Gasteiger partial charge in [0.2, 0.25) is 5.95 Å². The Kier molecular flexibility index (Phi) is 5.52. The average Bonchev–Trinajstić information content (AvgIpc) is 3.43. The van der Waals surface area contributed by atoms with Crippen molar-refractivity contribution in [1.82, 2.24) is 14.8 Å². The molecule has 6 rings (SSSR count). The Bertz CT molecular complexity index is 1530. The number of hydrogen-bond acceptors (Lipinski definition) is 8. The van der Waals surface area contributed by atoms with Crippen molar-refractivity contribution in [3.8, 4) is 17.2 Å². The third-order valence-electron chi connectivity index (χ3n) is 6.69. The smallest absolute Gasteiger partial charge is 0.337 e. The standard InChI is InChI=1S/C28H24N4O5/c1-34-18-12-13-21(35-2)20(14-18)25-23-24(31-28-29-15-30-32(25)28)19-6-4-5-7-22(19)37-26(23)16-8-10-17(11-9-16)27(33)36-3/h4-15,25-26H,1-3H3,(H,29,30,31)/t25-,26+/m1/s1. The predicted octanol–water partition coefficient (Wildman–Crippen LogP) is 4.64. The molecule has 37 heavy (non-hydrogen) atoms. The zero-order chi connectivity index (χ0) is 25.5. The van der Waals surface area contributed by atoms with Gasteiger partial charge in [-0.15, -0.1) is 0 Å². The third-order valence-corrected chi connectivity index (χ3v) is 6.69. The normalized spacial score (nSPS) is 17.5. The molecule has 2 atom stereocenters. The summed E-state index contributed by atoms with van der Waals surface area (Å²) < 4.78 is 24.7. The molecule has 1 aromatic heterocycles. The summed E-state index contributed by atoms with van der Waals surface area (Å²) in [7, 11) is 4.63. The molecular weight excluding hydrogens is 472 g/mol. The van der Waals surface area contributed by atoms with Crippen LogP contribution in [0.2, 0.25) is 0 Å². The van der Waals surface area contributed by atoms with E-state index in [9.17, 15) is 4.79 Å². The number of ether oxygens (including phenoxy) is 4. The summed E-state index contributed by atoms with van der Waals surface area (Å²) in [6, 6.07) is 20.4. The number of anilines is 1. The summed E-state index contributed by atoms with van der Waals surface area (Å²) in [4.78, 5) is 16.5. The van der Waals surface area contributed by atoms with E-state index in [1.165, 1.54) is 13.4 Å². The van der Waals surface area contributed by atoms with Crippen molar-refractivity contribution in [2.75, 3.05) is 26.6 Å². The van der Waals surface area contributed by atoms with Gasteiger partial charge in [-0.1, -0.05) is 24.3 Å². The minimum absolute atomic E-state index is 0.396. The minimum atomic E-state index is -0.498. The van der Waals surface area contributed by atoms with Crippen LogP contribution in [0.3, 0.4) is 0 Å². The maximum absolute atomic E-state index is 12.1. The Morgan fingerprint density at radius 1 is 1.00 bits per heavy atom. The summed E-state index contributed by atoms with van der Waals surface area (Å²) in [5.74, 6) is 2.31. The number of carbonyl (C=O) groups excluding carboxylic acids is 1. The lowest BCUT2D eigenvalue weighted by Gasteiger charge is -2.39. The zero-order valence-corrected chi connectivity index (χ0v) is 20.5. The van der Waals surface area contributed by atoms with E-state index in [-0.39, 0.29) is 0 Å². The zero-order valence-electron chi connectivity index (χ0n) is 20.5. The maximum Gasteiger partial charge on any atom is 0.337 e. The first-order valence-corrected chi connectivity index (χ1v) is 11.7. The predicted molar refractivity (Wildman–Crippen MR) is 136 cm³/mol. The highest BCUT2D eigenvalue weighted by Gasteiger charge is 2.42. The van der Waals surface area contributed by atoms with Gasteiger partial charge < -0.3 is 24.3 Å². The number of aromatic nitrogens is 3. The lowest BCUT2D eigenvalue weighted by molar-refractivity contribution is 0.0600. The van der Waals surface area contributed by atoms with Crippen molar-refractivity contribution in [2.24, 2.45) is 0 Å². The number of hydrogen-bond donors (Lipinski definition) is 1. The number of benzene rings is 3. The SMILES string of the molecule is COC(=O)c1ccc([C@@H]2Oc3ccccc3C3=C2[C@@H](c2cc(OC)ccc2OC)n2ncnc2N3)cc1. The number of carbonyl (C=O) groups is 1. The van der Waals surface area contributed by atoms with Crippen LogP contribution in [0.1, 0.15) is 39.2 Å². The molecule has 1 N–H and O–H groups in total. The first-order chi connectivity index (χ1) is 18.1. The van der Waals surface area contributed by atoms with E-state index in [0.29, 0.717) is 23.0 Å². The number of fused-ring (bicyclic) bond motifs is 3. The van der Waals surface area contributed by atoms with Crippen molar-refractivity contribution in [2.45, 2.75) is 12.1 Å². The fourth-order valence-corrected chi connectivity index (χ4v) is 4.96. The fourth-order valence-electron chi connectivity index (χ4n) is 4.96. The van der Waals surface area contributed by atoms with Crippen LogP contribution in [0, 0.1) is 0 Å². The van der Waals surface area contributed by atoms with Gasteiger partial charge >= 0.3 is 5.97 Å². The monoisotopic (exact) mass is 496 g/mol. The van der Waals surface area contributed by atoms with Crippen LogP contribution in [0.15, 0.2) is 78.6 Å². The molecule has 2 aliphatic rings. The van der Waals surface area contributed by atoms with Gasteiger partial charge in [0, 0.05) is 16.7 Å². The highest BCUT2D eigenvalue weighted by atomic mass is 16.5. The van der Waals surface area contributed by atoms with Gasteiger partial charge in [-0.05, 0) is 48.0 Å². The Morgan fingerprint density at radius 2 is 1.81 bits per heavy atom. The summed E-state index contributed by atoms with van der Waals surface area (Å²) in [6.45, 7) is 0.